The van der Waals surface area contributed by atoms with Gasteiger partial charge in [0.1, 0.15) is 0 Å². The van der Waals surface area contributed by atoms with E-state index in [9.17, 15) is 10.1 Å². The number of nitro benzene ring substituents is 1. The Morgan fingerprint density at radius 2 is 2.31 bits per heavy atom. The third kappa shape index (κ3) is 2.99. The van der Waals surface area contributed by atoms with E-state index in [-0.39, 0.29) is 5.69 Å². The van der Waals surface area contributed by atoms with E-state index in [0.29, 0.717) is 0 Å². The van der Waals surface area contributed by atoms with Crippen molar-refractivity contribution in [2.75, 3.05) is 5.33 Å². The fraction of sp³-hybridized carbons (Fsp3) is 0.111. The molecule has 13 heavy (non-hydrogen) atoms. The summed E-state index contributed by atoms with van der Waals surface area (Å²) >= 11 is 3.23. The van der Waals surface area contributed by atoms with E-state index in [0.717, 1.165) is 10.9 Å². The number of alkyl halides is 1. The zero-order valence-corrected chi connectivity index (χ0v) is 8.40. The SMILES string of the molecule is O=[N+]([O-])c1cccc(C=CCBr)c1. The number of benzene rings is 1. The smallest absolute Gasteiger partial charge is 0.258 e. The van der Waals surface area contributed by atoms with Gasteiger partial charge in [0.15, 0.2) is 0 Å². The lowest BCUT2D eigenvalue weighted by Crippen LogP contribution is -1.87. The number of halogens is 1. The molecule has 0 radical (unpaired) electrons. The van der Waals surface area contributed by atoms with Gasteiger partial charge in [0.25, 0.3) is 5.69 Å². The van der Waals surface area contributed by atoms with E-state index in [4.69, 9.17) is 0 Å². The predicted octanol–water partition coefficient (Wildman–Crippen LogP) is 3.00. The molecule has 0 aliphatic heterocycles. The molecule has 0 aromatic heterocycles. The molecule has 0 spiro atoms. The van der Waals surface area contributed by atoms with Gasteiger partial charge in [-0.1, -0.05) is 40.2 Å². The Balaban J connectivity index is 2.92. The van der Waals surface area contributed by atoms with Crippen LogP contribution in [-0.4, -0.2) is 10.3 Å². The molecule has 1 aromatic rings. The number of nitrogens with zero attached hydrogens (tertiary/aromatic N) is 1. The molecule has 0 aliphatic carbocycles. The van der Waals surface area contributed by atoms with E-state index in [2.05, 4.69) is 15.9 Å². The molecule has 0 saturated carbocycles. The van der Waals surface area contributed by atoms with Crippen LogP contribution < -0.4 is 0 Å². The van der Waals surface area contributed by atoms with Crippen LogP contribution in [0.2, 0.25) is 0 Å². The standard InChI is InChI=1S/C9H8BrNO2/c10-6-2-4-8-3-1-5-9(7-8)11(12)13/h1-5,7H,6H2. The van der Waals surface area contributed by atoms with Crippen molar-refractivity contribution in [3.63, 3.8) is 0 Å². The first kappa shape index (κ1) is 9.92. The minimum absolute atomic E-state index is 0.122. The number of hydrogen-bond donors (Lipinski definition) is 0. The second-order valence-electron chi connectivity index (χ2n) is 2.41. The number of non-ortho nitro benzene ring substituents is 1. The van der Waals surface area contributed by atoms with Gasteiger partial charge in [0.05, 0.1) is 4.92 Å². The number of hydrogen-bond acceptors (Lipinski definition) is 2. The lowest BCUT2D eigenvalue weighted by atomic mass is 10.2. The molecule has 0 aliphatic rings. The molecule has 68 valence electrons. The van der Waals surface area contributed by atoms with Crippen molar-refractivity contribution in [3.8, 4) is 0 Å². The van der Waals surface area contributed by atoms with Crippen molar-refractivity contribution in [2.24, 2.45) is 0 Å². The van der Waals surface area contributed by atoms with Gasteiger partial charge in [-0.05, 0) is 5.56 Å². The molecule has 0 N–H and O–H groups in total. The van der Waals surface area contributed by atoms with Crippen LogP contribution >= 0.6 is 15.9 Å². The molecule has 0 fully saturated rings. The lowest BCUT2D eigenvalue weighted by Gasteiger charge is -1.93. The molecular formula is C9H8BrNO2. The molecule has 0 atom stereocenters. The molecule has 0 amide bonds. The number of allylic oxidation sites excluding steroid dienone is 1. The van der Waals surface area contributed by atoms with Gasteiger partial charge in [-0.15, -0.1) is 0 Å². The maximum absolute atomic E-state index is 10.4. The molecule has 0 unspecified atom stereocenters. The van der Waals surface area contributed by atoms with Crippen LogP contribution in [0.25, 0.3) is 6.08 Å². The molecule has 0 heterocycles. The van der Waals surface area contributed by atoms with E-state index in [1.54, 1.807) is 12.1 Å². The highest BCUT2D eigenvalue weighted by Crippen LogP contribution is 2.13. The Bertz CT molecular complexity index is 336. The Labute approximate surface area is 84.4 Å². The Morgan fingerprint density at radius 1 is 1.54 bits per heavy atom. The minimum atomic E-state index is -0.397. The van der Waals surface area contributed by atoms with Crippen molar-refractivity contribution < 1.29 is 4.92 Å². The maximum atomic E-state index is 10.4. The summed E-state index contributed by atoms with van der Waals surface area (Å²) in [6.45, 7) is 0. The molecule has 0 saturated heterocycles. The zero-order chi connectivity index (χ0) is 9.68. The van der Waals surface area contributed by atoms with Crippen LogP contribution in [0.3, 0.4) is 0 Å². The van der Waals surface area contributed by atoms with Crippen LogP contribution in [0.1, 0.15) is 5.56 Å². The largest absolute Gasteiger partial charge is 0.270 e. The van der Waals surface area contributed by atoms with Gasteiger partial charge < -0.3 is 0 Å². The second-order valence-corrected chi connectivity index (χ2v) is 3.06. The summed E-state index contributed by atoms with van der Waals surface area (Å²) in [4.78, 5) is 10.0. The van der Waals surface area contributed by atoms with Gasteiger partial charge in [-0.25, -0.2) is 0 Å². The number of nitro groups is 1. The molecule has 1 rings (SSSR count). The van der Waals surface area contributed by atoms with Crippen molar-refractivity contribution in [2.45, 2.75) is 0 Å². The molecule has 3 nitrogen and oxygen atoms in total. The highest BCUT2D eigenvalue weighted by Gasteiger charge is 2.02. The van der Waals surface area contributed by atoms with Crippen molar-refractivity contribution >= 4 is 27.7 Å². The van der Waals surface area contributed by atoms with Crippen molar-refractivity contribution in [1.29, 1.82) is 0 Å². The maximum Gasteiger partial charge on any atom is 0.270 e. The summed E-state index contributed by atoms with van der Waals surface area (Å²) in [6, 6.07) is 6.52. The first-order valence-electron chi connectivity index (χ1n) is 3.71. The summed E-state index contributed by atoms with van der Waals surface area (Å²) in [5, 5.41) is 11.1. The lowest BCUT2D eigenvalue weighted by molar-refractivity contribution is -0.384. The van der Waals surface area contributed by atoms with Crippen LogP contribution in [0.4, 0.5) is 5.69 Å². The summed E-state index contributed by atoms with van der Waals surface area (Å²) in [5.74, 6) is 0. The first-order chi connectivity index (χ1) is 6.24. The van der Waals surface area contributed by atoms with E-state index >= 15 is 0 Å². The fourth-order valence-electron chi connectivity index (χ4n) is 0.923. The van der Waals surface area contributed by atoms with Crippen molar-refractivity contribution in [3.05, 3.63) is 46.0 Å². The average Bonchev–Trinajstić information content (AvgIpc) is 2.15. The zero-order valence-electron chi connectivity index (χ0n) is 6.81. The Morgan fingerprint density at radius 3 is 2.92 bits per heavy atom. The first-order valence-corrected chi connectivity index (χ1v) is 4.83. The summed E-state index contributed by atoms with van der Waals surface area (Å²) < 4.78 is 0. The van der Waals surface area contributed by atoms with Gasteiger partial charge in [-0.2, -0.15) is 0 Å². The van der Waals surface area contributed by atoms with E-state index in [1.165, 1.54) is 6.07 Å². The van der Waals surface area contributed by atoms with Crippen molar-refractivity contribution in [1.82, 2.24) is 0 Å². The van der Waals surface area contributed by atoms with Crippen LogP contribution in [0.5, 0.6) is 0 Å². The minimum Gasteiger partial charge on any atom is -0.258 e. The topological polar surface area (TPSA) is 43.1 Å². The third-order valence-electron chi connectivity index (χ3n) is 1.48. The Hall–Kier alpha value is -1.16. The molecule has 1 aromatic carbocycles. The van der Waals surface area contributed by atoms with E-state index < -0.39 is 4.92 Å². The quantitative estimate of drug-likeness (QED) is 0.464. The third-order valence-corrected chi connectivity index (χ3v) is 1.85. The Kier molecular flexibility index (Phi) is 3.64. The highest BCUT2D eigenvalue weighted by molar-refractivity contribution is 9.09. The molecular weight excluding hydrogens is 234 g/mol. The molecule has 0 bridgehead atoms. The normalized spacial score (nSPS) is 10.5. The summed E-state index contributed by atoms with van der Waals surface area (Å²) in [6.07, 6.45) is 3.72. The van der Waals surface area contributed by atoms with Crippen LogP contribution in [-0.2, 0) is 0 Å². The summed E-state index contributed by atoms with van der Waals surface area (Å²) in [5.41, 5.74) is 0.963. The van der Waals surface area contributed by atoms with Gasteiger partial charge >= 0.3 is 0 Å². The molecule has 4 heteroatoms. The summed E-state index contributed by atoms with van der Waals surface area (Å²) in [7, 11) is 0. The predicted molar refractivity (Wildman–Crippen MR) is 55.9 cm³/mol. The van der Waals surface area contributed by atoms with Gasteiger partial charge in [0.2, 0.25) is 0 Å². The second kappa shape index (κ2) is 4.77. The average molecular weight is 242 g/mol. The van der Waals surface area contributed by atoms with Gasteiger partial charge in [-0.3, -0.25) is 10.1 Å². The number of rotatable bonds is 3. The van der Waals surface area contributed by atoms with E-state index in [1.807, 2.05) is 18.2 Å². The van der Waals surface area contributed by atoms with Crippen LogP contribution in [0, 0.1) is 10.1 Å². The monoisotopic (exact) mass is 241 g/mol. The van der Waals surface area contributed by atoms with Crippen LogP contribution in [0.15, 0.2) is 30.3 Å². The van der Waals surface area contributed by atoms with Gasteiger partial charge in [0, 0.05) is 17.5 Å². The fourth-order valence-corrected chi connectivity index (χ4v) is 1.11. The highest BCUT2D eigenvalue weighted by atomic mass is 79.9.